The second-order valence-corrected chi connectivity index (χ2v) is 5.17. The maximum absolute atomic E-state index is 9.31. The summed E-state index contributed by atoms with van der Waals surface area (Å²) in [6, 6.07) is 1.78. The van der Waals surface area contributed by atoms with Crippen LogP contribution in [0.15, 0.2) is 12.4 Å². The van der Waals surface area contributed by atoms with Gasteiger partial charge in [0.15, 0.2) is 0 Å². The minimum atomic E-state index is -0.129. The van der Waals surface area contributed by atoms with Crippen molar-refractivity contribution in [3.8, 4) is 0 Å². The summed E-state index contributed by atoms with van der Waals surface area (Å²) in [6.45, 7) is 0.867. The molecule has 1 fully saturated rings. The van der Waals surface area contributed by atoms with Gasteiger partial charge < -0.3 is 10.0 Å². The zero-order chi connectivity index (χ0) is 12.7. The number of halogens is 1. The molecule has 96 valence electrons. The number of aliphatic hydroxyl groups is 1. The van der Waals surface area contributed by atoms with Crippen LogP contribution in [-0.2, 0) is 0 Å². The molecule has 1 saturated carbocycles. The van der Waals surface area contributed by atoms with Crippen LogP contribution in [0.2, 0.25) is 5.15 Å². The SMILES string of the molecule is CN(CC1CC(O)C1)c1cc(Cl)nc2ncnn12. The molecule has 2 aromatic rings. The van der Waals surface area contributed by atoms with E-state index in [2.05, 4.69) is 20.0 Å². The van der Waals surface area contributed by atoms with E-state index in [0.717, 1.165) is 25.2 Å². The molecular weight excluding hydrogens is 254 g/mol. The molecule has 0 spiro atoms. The van der Waals surface area contributed by atoms with Gasteiger partial charge in [0.1, 0.15) is 17.3 Å². The topological polar surface area (TPSA) is 66.5 Å². The van der Waals surface area contributed by atoms with Gasteiger partial charge in [-0.2, -0.15) is 19.6 Å². The van der Waals surface area contributed by atoms with E-state index in [1.807, 2.05) is 7.05 Å². The molecule has 0 saturated heterocycles. The Labute approximate surface area is 109 Å². The Morgan fingerprint density at radius 3 is 3.06 bits per heavy atom. The highest BCUT2D eigenvalue weighted by Crippen LogP contribution is 2.29. The van der Waals surface area contributed by atoms with Crippen LogP contribution in [0.4, 0.5) is 5.82 Å². The molecule has 1 aliphatic rings. The van der Waals surface area contributed by atoms with E-state index in [9.17, 15) is 5.11 Å². The Hall–Kier alpha value is -1.40. The minimum Gasteiger partial charge on any atom is -0.393 e. The van der Waals surface area contributed by atoms with Crippen molar-refractivity contribution in [2.45, 2.75) is 18.9 Å². The van der Waals surface area contributed by atoms with Gasteiger partial charge in [-0.3, -0.25) is 0 Å². The molecule has 0 aliphatic heterocycles. The van der Waals surface area contributed by atoms with E-state index in [1.54, 1.807) is 10.6 Å². The van der Waals surface area contributed by atoms with Crippen molar-refractivity contribution in [3.63, 3.8) is 0 Å². The fourth-order valence-electron chi connectivity index (χ4n) is 2.37. The number of rotatable bonds is 3. The van der Waals surface area contributed by atoms with Crippen LogP contribution >= 0.6 is 11.6 Å². The van der Waals surface area contributed by atoms with Gasteiger partial charge in [-0.15, -0.1) is 0 Å². The summed E-state index contributed by atoms with van der Waals surface area (Å²) >= 11 is 5.97. The third-order valence-electron chi connectivity index (χ3n) is 3.34. The van der Waals surface area contributed by atoms with Gasteiger partial charge in [0.05, 0.1) is 6.10 Å². The normalized spacial score (nSPS) is 23.1. The van der Waals surface area contributed by atoms with Crippen molar-refractivity contribution < 1.29 is 5.11 Å². The number of aliphatic hydroxyl groups excluding tert-OH is 1. The number of anilines is 1. The second-order valence-electron chi connectivity index (χ2n) is 4.78. The minimum absolute atomic E-state index is 0.129. The lowest BCUT2D eigenvalue weighted by Crippen LogP contribution is -2.37. The van der Waals surface area contributed by atoms with E-state index in [1.165, 1.54) is 6.33 Å². The highest BCUT2D eigenvalue weighted by molar-refractivity contribution is 6.29. The second kappa shape index (κ2) is 4.37. The van der Waals surface area contributed by atoms with Crippen molar-refractivity contribution in [2.75, 3.05) is 18.5 Å². The molecule has 2 aromatic heterocycles. The highest BCUT2D eigenvalue weighted by Gasteiger charge is 2.28. The monoisotopic (exact) mass is 267 g/mol. The third kappa shape index (κ3) is 2.02. The molecule has 7 heteroatoms. The maximum Gasteiger partial charge on any atom is 0.255 e. The molecule has 0 radical (unpaired) electrons. The van der Waals surface area contributed by atoms with Gasteiger partial charge in [0.2, 0.25) is 0 Å². The van der Waals surface area contributed by atoms with Gasteiger partial charge in [-0.1, -0.05) is 11.6 Å². The lowest BCUT2D eigenvalue weighted by Gasteiger charge is -2.35. The first-order valence-electron chi connectivity index (χ1n) is 5.89. The van der Waals surface area contributed by atoms with Crippen LogP contribution in [0.5, 0.6) is 0 Å². The van der Waals surface area contributed by atoms with Crippen molar-refractivity contribution in [1.82, 2.24) is 19.6 Å². The zero-order valence-corrected chi connectivity index (χ0v) is 10.7. The van der Waals surface area contributed by atoms with Crippen LogP contribution in [0.3, 0.4) is 0 Å². The standard InChI is InChI=1S/C11H14ClN5O/c1-16(5-7-2-8(18)3-7)10-4-9(12)15-11-13-6-14-17(10)11/h4,6-8,18H,2-3,5H2,1H3. The first kappa shape index (κ1) is 11.7. The van der Waals surface area contributed by atoms with Crippen LogP contribution in [0.25, 0.3) is 5.78 Å². The molecule has 2 heterocycles. The average Bonchev–Trinajstić information content (AvgIpc) is 2.73. The van der Waals surface area contributed by atoms with Crippen LogP contribution in [-0.4, -0.2) is 44.4 Å². The summed E-state index contributed by atoms with van der Waals surface area (Å²) in [5.74, 6) is 1.89. The first-order chi connectivity index (χ1) is 8.63. The van der Waals surface area contributed by atoms with Crippen molar-refractivity contribution >= 4 is 23.2 Å². The molecule has 3 rings (SSSR count). The summed E-state index contributed by atoms with van der Waals surface area (Å²) in [7, 11) is 1.98. The molecule has 0 bridgehead atoms. The molecule has 0 atom stereocenters. The number of fused-ring (bicyclic) bond motifs is 1. The molecule has 18 heavy (non-hydrogen) atoms. The lowest BCUT2D eigenvalue weighted by molar-refractivity contribution is 0.0464. The molecule has 0 aromatic carbocycles. The highest BCUT2D eigenvalue weighted by atomic mass is 35.5. The van der Waals surface area contributed by atoms with E-state index in [4.69, 9.17) is 11.6 Å². The summed E-state index contributed by atoms with van der Waals surface area (Å²) in [6.07, 6.45) is 3.06. The Morgan fingerprint density at radius 2 is 2.33 bits per heavy atom. The van der Waals surface area contributed by atoms with Crippen LogP contribution < -0.4 is 4.90 Å². The number of aromatic nitrogens is 4. The zero-order valence-electron chi connectivity index (χ0n) is 9.99. The van der Waals surface area contributed by atoms with Crippen LogP contribution in [0.1, 0.15) is 12.8 Å². The van der Waals surface area contributed by atoms with Crippen LogP contribution in [0, 0.1) is 5.92 Å². The quantitative estimate of drug-likeness (QED) is 0.840. The Morgan fingerprint density at radius 1 is 1.56 bits per heavy atom. The summed E-state index contributed by atoms with van der Waals surface area (Å²) < 4.78 is 1.67. The Balaban J connectivity index is 1.86. The van der Waals surface area contributed by atoms with E-state index < -0.39 is 0 Å². The van der Waals surface area contributed by atoms with Gasteiger partial charge >= 0.3 is 0 Å². The van der Waals surface area contributed by atoms with Crippen molar-refractivity contribution in [1.29, 1.82) is 0 Å². The molecular formula is C11H14ClN5O. The number of hydrogen-bond donors (Lipinski definition) is 1. The average molecular weight is 268 g/mol. The van der Waals surface area contributed by atoms with E-state index >= 15 is 0 Å². The maximum atomic E-state index is 9.31. The molecule has 1 aliphatic carbocycles. The van der Waals surface area contributed by atoms with E-state index in [-0.39, 0.29) is 6.10 Å². The molecule has 0 unspecified atom stereocenters. The largest absolute Gasteiger partial charge is 0.393 e. The third-order valence-corrected chi connectivity index (χ3v) is 3.53. The summed E-state index contributed by atoms with van der Waals surface area (Å²) in [4.78, 5) is 10.2. The fraction of sp³-hybridized carbons (Fsp3) is 0.545. The predicted octanol–water partition coefficient (Wildman–Crippen LogP) is 0.985. The summed E-state index contributed by atoms with van der Waals surface area (Å²) in [5, 5.41) is 13.9. The van der Waals surface area contributed by atoms with Gasteiger partial charge in [-0.05, 0) is 18.8 Å². The Kier molecular flexibility index (Phi) is 2.83. The fourth-order valence-corrected chi connectivity index (χ4v) is 2.54. The first-order valence-corrected chi connectivity index (χ1v) is 6.27. The van der Waals surface area contributed by atoms with Gasteiger partial charge in [-0.25, -0.2) is 0 Å². The van der Waals surface area contributed by atoms with Crippen molar-refractivity contribution in [3.05, 3.63) is 17.5 Å². The Bertz CT molecular complexity index is 566. The van der Waals surface area contributed by atoms with Gasteiger partial charge in [0, 0.05) is 19.7 Å². The summed E-state index contributed by atoms with van der Waals surface area (Å²) in [5.41, 5.74) is 0. The van der Waals surface area contributed by atoms with Crippen molar-refractivity contribution in [2.24, 2.45) is 5.92 Å². The molecule has 1 N–H and O–H groups in total. The van der Waals surface area contributed by atoms with Gasteiger partial charge in [0.25, 0.3) is 5.78 Å². The number of nitrogens with zero attached hydrogens (tertiary/aromatic N) is 5. The lowest BCUT2D eigenvalue weighted by atomic mass is 9.82. The predicted molar refractivity (Wildman–Crippen MR) is 67.8 cm³/mol. The number of hydrogen-bond acceptors (Lipinski definition) is 5. The molecule has 6 nitrogen and oxygen atoms in total. The molecule has 0 amide bonds. The van der Waals surface area contributed by atoms with E-state index in [0.29, 0.717) is 16.8 Å². The smallest absolute Gasteiger partial charge is 0.255 e.